The molecule has 3 heterocycles. The lowest BCUT2D eigenvalue weighted by Crippen LogP contribution is -2.49. The van der Waals surface area contributed by atoms with Crippen LogP contribution < -0.4 is 10.3 Å². The molecule has 0 atom stereocenters. The number of aromatic nitrogens is 6. The van der Waals surface area contributed by atoms with E-state index in [4.69, 9.17) is 4.74 Å². The van der Waals surface area contributed by atoms with Crippen LogP contribution in [0.2, 0.25) is 0 Å². The third-order valence-electron chi connectivity index (χ3n) is 15.6. The number of rotatable bonds is 19. The second-order valence-electron chi connectivity index (χ2n) is 21.0. The third kappa shape index (κ3) is 13.4. The second kappa shape index (κ2) is 24.6. The number of aryl methyl sites for hydroxylation is 3. The zero-order valence-corrected chi connectivity index (χ0v) is 45.0. The molecular formula is C58H62F12N6O5. The van der Waals surface area contributed by atoms with Crippen LogP contribution >= 0.6 is 0 Å². The van der Waals surface area contributed by atoms with Crippen molar-refractivity contribution in [1.29, 1.82) is 0 Å². The molecule has 6 aromatic rings. The molecule has 0 amide bonds. The van der Waals surface area contributed by atoms with Crippen LogP contribution in [-0.2, 0) is 88.1 Å². The van der Waals surface area contributed by atoms with Gasteiger partial charge in [0.2, 0.25) is 11.6 Å². The summed E-state index contributed by atoms with van der Waals surface area (Å²) in [5.74, 6) is -3.25. The molecule has 3 aliphatic carbocycles. The summed E-state index contributed by atoms with van der Waals surface area (Å²) in [7, 11) is 1.28. The van der Waals surface area contributed by atoms with Crippen LogP contribution in [0, 0.1) is 17.5 Å². The van der Waals surface area contributed by atoms with E-state index < -0.39 is 74.8 Å². The van der Waals surface area contributed by atoms with Gasteiger partial charge in [0.25, 0.3) is 11.4 Å². The van der Waals surface area contributed by atoms with Crippen molar-refractivity contribution in [3.63, 3.8) is 0 Å². The molecule has 1 N–H and O–H groups in total. The Labute approximate surface area is 459 Å². The molecule has 0 unspecified atom stereocenters. The first-order chi connectivity index (χ1) is 38.1. The van der Waals surface area contributed by atoms with Crippen molar-refractivity contribution in [1.82, 2.24) is 29.3 Å². The van der Waals surface area contributed by atoms with Gasteiger partial charge >= 0.3 is 18.5 Å². The largest absolute Gasteiger partial charge is 0.478 e. The molecule has 0 bridgehead atoms. The molecule has 3 fully saturated rings. The van der Waals surface area contributed by atoms with E-state index in [0.29, 0.717) is 88.2 Å². The van der Waals surface area contributed by atoms with Crippen LogP contribution in [0.5, 0.6) is 5.88 Å². The second-order valence-corrected chi connectivity index (χ2v) is 21.0. The Balaban J connectivity index is 0.000000175. The number of halogens is 12. The Kier molecular flexibility index (Phi) is 18.8. The lowest BCUT2D eigenvalue weighted by atomic mass is 9.72. The summed E-state index contributed by atoms with van der Waals surface area (Å²) < 4.78 is 169. The van der Waals surface area contributed by atoms with Gasteiger partial charge in [0.1, 0.15) is 16.6 Å². The number of aromatic amines is 1. The number of methoxy groups -OCH3 is 1. The molecule has 438 valence electrons. The highest BCUT2D eigenvalue weighted by Gasteiger charge is 2.49. The van der Waals surface area contributed by atoms with Crippen molar-refractivity contribution in [2.75, 3.05) is 7.11 Å². The van der Waals surface area contributed by atoms with Crippen molar-refractivity contribution in [3.05, 3.63) is 157 Å². The standard InChI is InChI=1S/C20H22F4N2O2.C19H20F4N2O2.C19H20F4N2O/c1-3-5-14-7-6-13(10-15(14)20(22,23)24)11-17(27)19(8-4-9-19)26-12-16(21)18(25-26)28-2;1-2-4-13-6-5-12(9-14(13)19(21,22)23)10-16(26)18(7-3-8-18)25-11-15(20)17(27)24-25;1-2-4-14-6-5-13(9-16(14)19(21,22)23)10-17(26)18(7-3-8-18)25-12-15(20)11-24-25/h6-7,10,12H,3-5,8-9,11H2,1-2H3;5-6,9,11H,2-4,7-8,10H2,1H3,(H,24,27);5-6,9,11-12H,2-4,7-8,10H2,1H3. The van der Waals surface area contributed by atoms with Crippen LogP contribution in [0.1, 0.15) is 148 Å². The van der Waals surface area contributed by atoms with Crippen molar-refractivity contribution >= 4 is 17.3 Å². The van der Waals surface area contributed by atoms with E-state index in [9.17, 15) is 71.9 Å². The topological polar surface area (TPSA) is 134 Å². The van der Waals surface area contributed by atoms with E-state index >= 15 is 0 Å². The van der Waals surface area contributed by atoms with E-state index in [1.807, 2.05) is 13.8 Å². The molecule has 81 heavy (non-hydrogen) atoms. The molecule has 3 aromatic heterocycles. The maximum absolute atomic E-state index is 13.8. The van der Waals surface area contributed by atoms with Crippen LogP contribution in [0.15, 0.2) is 84.2 Å². The van der Waals surface area contributed by atoms with Gasteiger partial charge in [-0.05, 0) is 129 Å². The van der Waals surface area contributed by atoms with Crippen molar-refractivity contribution < 1.29 is 71.8 Å². The highest BCUT2D eigenvalue weighted by molar-refractivity contribution is 5.90. The first-order valence-corrected chi connectivity index (χ1v) is 26.8. The predicted molar refractivity (Wildman–Crippen MR) is 274 cm³/mol. The lowest BCUT2D eigenvalue weighted by molar-refractivity contribution is -0.139. The van der Waals surface area contributed by atoms with E-state index in [2.05, 4.69) is 15.3 Å². The Hall–Kier alpha value is -6.94. The average molecular weight is 1150 g/mol. The summed E-state index contributed by atoms with van der Waals surface area (Å²) in [4.78, 5) is 50.1. The highest BCUT2D eigenvalue weighted by Crippen LogP contribution is 2.44. The van der Waals surface area contributed by atoms with Crippen LogP contribution in [0.4, 0.5) is 52.7 Å². The first-order valence-electron chi connectivity index (χ1n) is 26.8. The quantitative estimate of drug-likeness (QED) is 0.0798. The maximum Gasteiger partial charge on any atom is 0.416 e. The number of carbonyl (C=O) groups is 3. The summed E-state index contributed by atoms with van der Waals surface area (Å²) in [5, 5.41) is 10.2. The third-order valence-corrected chi connectivity index (χ3v) is 15.6. The van der Waals surface area contributed by atoms with Gasteiger partial charge in [-0.25, -0.2) is 4.39 Å². The summed E-state index contributed by atoms with van der Waals surface area (Å²) in [6, 6.07) is 12.1. The average Bonchev–Trinajstić information content (AvgIpc) is 4.06. The molecular weight excluding hydrogens is 1090 g/mol. The van der Waals surface area contributed by atoms with E-state index in [1.165, 1.54) is 51.6 Å². The summed E-state index contributed by atoms with van der Waals surface area (Å²) >= 11 is 0. The number of Topliss-reactive ketones (excluding diaryl/α,β-unsaturated/α-hetero) is 3. The number of nitrogens with zero attached hydrogens (tertiary/aromatic N) is 5. The Morgan fingerprint density at radius 1 is 0.556 bits per heavy atom. The molecule has 3 saturated carbocycles. The zero-order valence-electron chi connectivity index (χ0n) is 45.0. The number of ketones is 3. The molecule has 11 nitrogen and oxygen atoms in total. The first kappa shape index (κ1) is 61.7. The number of nitrogens with one attached hydrogen (secondary N) is 1. The fourth-order valence-corrected chi connectivity index (χ4v) is 10.8. The van der Waals surface area contributed by atoms with E-state index in [0.717, 1.165) is 56.1 Å². The van der Waals surface area contributed by atoms with Crippen LogP contribution in [0.25, 0.3) is 0 Å². The fourth-order valence-electron chi connectivity index (χ4n) is 10.8. The summed E-state index contributed by atoms with van der Waals surface area (Å²) in [6.07, 6.45) is -1.84. The molecule has 0 radical (unpaired) electrons. The normalized spacial score (nSPS) is 16.1. The van der Waals surface area contributed by atoms with Gasteiger partial charge < -0.3 is 4.74 Å². The number of ether oxygens (including phenoxy) is 1. The number of hydrogen-bond donors (Lipinski definition) is 1. The molecule has 23 heteroatoms. The predicted octanol–water partition coefficient (Wildman–Crippen LogP) is 13.4. The minimum Gasteiger partial charge on any atom is -0.478 e. The Bertz CT molecular complexity index is 3260. The van der Waals surface area contributed by atoms with Gasteiger partial charge in [-0.2, -0.15) is 53.4 Å². The number of carbonyl (C=O) groups excluding carboxylic acids is 3. The monoisotopic (exact) mass is 1150 g/mol. The lowest BCUT2D eigenvalue weighted by Gasteiger charge is -2.41. The van der Waals surface area contributed by atoms with Gasteiger partial charge in [-0.1, -0.05) is 76.4 Å². The molecule has 3 aliphatic rings. The summed E-state index contributed by atoms with van der Waals surface area (Å²) in [5.41, 5.74) is -4.55. The van der Waals surface area contributed by atoms with Gasteiger partial charge in [0, 0.05) is 19.3 Å². The van der Waals surface area contributed by atoms with Crippen molar-refractivity contribution in [2.45, 2.75) is 171 Å². The molecule has 0 saturated heterocycles. The smallest absolute Gasteiger partial charge is 0.416 e. The van der Waals surface area contributed by atoms with E-state index in [-0.39, 0.29) is 64.7 Å². The van der Waals surface area contributed by atoms with Crippen molar-refractivity contribution in [2.24, 2.45) is 0 Å². The SMILES string of the molecule is CCCc1ccc(CC(=O)C2(n3cc(F)c(=O)[nH]3)CCC2)cc1C(F)(F)F.CCCc1ccc(CC(=O)C2(n3cc(F)c(OC)n3)CCC2)cc1C(F)(F)F.CCCc1ccc(CC(=O)C2(n3cc(F)cn3)CCC2)cc1C(F)(F)F. The van der Waals surface area contributed by atoms with Gasteiger partial charge in [0.05, 0.1) is 48.6 Å². The van der Waals surface area contributed by atoms with Crippen LogP contribution in [-0.4, -0.2) is 53.8 Å². The van der Waals surface area contributed by atoms with E-state index in [1.54, 1.807) is 19.1 Å². The number of benzene rings is 3. The number of hydrogen-bond acceptors (Lipinski definition) is 7. The minimum absolute atomic E-state index is 0.128. The van der Waals surface area contributed by atoms with Gasteiger partial charge in [0.15, 0.2) is 23.2 Å². The summed E-state index contributed by atoms with van der Waals surface area (Å²) in [6.45, 7) is 5.44. The molecule has 0 spiro atoms. The molecule has 0 aliphatic heterocycles. The maximum atomic E-state index is 13.8. The zero-order chi connectivity index (χ0) is 59.3. The van der Waals surface area contributed by atoms with Gasteiger partial charge in [-0.15, -0.1) is 5.10 Å². The van der Waals surface area contributed by atoms with Crippen LogP contribution in [0.3, 0.4) is 0 Å². The number of alkyl halides is 9. The fraction of sp³-hybridized carbons (Fsp3) is 0.483. The molecule has 9 rings (SSSR count). The van der Waals surface area contributed by atoms with Crippen molar-refractivity contribution in [3.8, 4) is 5.88 Å². The number of H-pyrrole nitrogens is 1. The molecule has 3 aromatic carbocycles. The Morgan fingerprint density at radius 3 is 1.22 bits per heavy atom. The van der Waals surface area contributed by atoms with Gasteiger partial charge in [-0.3, -0.25) is 38.3 Å². The Morgan fingerprint density at radius 2 is 0.938 bits per heavy atom. The minimum atomic E-state index is -4.49. The highest BCUT2D eigenvalue weighted by atomic mass is 19.4.